The minimum atomic E-state index is -0.521. The molecule has 134 valence electrons. The number of pyridine rings is 1. The molecule has 6 nitrogen and oxygen atoms in total. The van der Waals surface area contributed by atoms with E-state index >= 15 is 0 Å². The van der Waals surface area contributed by atoms with Crippen LogP contribution in [0.15, 0.2) is 24.4 Å². The lowest BCUT2D eigenvalue weighted by Gasteiger charge is -2.21. The van der Waals surface area contributed by atoms with Crippen LogP contribution < -0.4 is 5.32 Å². The molecule has 0 fully saturated rings. The second kappa shape index (κ2) is 6.88. The molecule has 0 atom stereocenters. The van der Waals surface area contributed by atoms with E-state index in [2.05, 4.69) is 22.0 Å². The minimum Gasteiger partial charge on any atom is -0.444 e. The van der Waals surface area contributed by atoms with Gasteiger partial charge in [-0.25, -0.2) is 9.78 Å². The molecule has 6 heteroatoms. The predicted octanol–water partition coefficient (Wildman–Crippen LogP) is 3.40. The molecule has 1 aliphatic rings. The van der Waals surface area contributed by atoms with Crippen molar-refractivity contribution >= 4 is 22.7 Å². The van der Waals surface area contributed by atoms with Gasteiger partial charge < -0.3 is 19.4 Å². The van der Waals surface area contributed by atoms with Gasteiger partial charge >= 0.3 is 6.09 Å². The van der Waals surface area contributed by atoms with Crippen molar-refractivity contribution in [3.05, 3.63) is 35.7 Å². The lowest BCUT2D eigenvalue weighted by atomic mass is 9.99. The number of carbonyl (C=O) groups excluding carboxylic acids is 1. The summed E-state index contributed by atoms with van der Waals surface area (Å²) in [5, 5.41) is 2.82. The SMILES string of the molecule is Cn1ccc2nc(CNC(=O)OC(C)(C)C)c(C3=CCOCC3)cc21. The van der Waals surface area contributed by atoms with Crippen molar-refractivity contribution in [3.8, 4) is 0 Å². The Morgan fingerprint density at radius 3 is 2.92 bits per heavy atom. The van der Waals surface area contributed by atoms with Gasteiger partial charge in [-0.15, -0.1) is 0 Å². The summed E-state index contributed by atoms with van der Waals surface area (Å²) in [6.07, 6.45) is 4.49. The summed E-state index contributed by atoms with van der Waals surface area (Å²) < 4.78 is 12.8. The third-order valence-electron chi connectivity index (χ3n) is 4.05. The molecule has 0 unspecified atom stereocenters. The predicted molar refractivity (Wildman–Crippen MR) is 97.2 cm³/mol. The van der Waals surface area contributed by atoms with Crippen molar-refractivity contribution in [1.29, 1.82) is 0 Å². The maximum absolute atomic E-state index is 12.0. The normalized spacial score (nSPS) is 15.1. The van der Waals surface area contributed by atoms with Crippen LogP contribution in [0.1, 0.15) is 38.4 Å². The second-order valence-corrected chi connectivity index (χ2v) is 7.22. The first-order valence-corrected chi connectivity index (χ1v) is 8.52. The van der Waals surface area contributed by atoms with Crippen molar-refractivity contribution in [2.75, 3.05) is 13.2 Å². The Bertz CT molecular complexity index is 815. The maximum atomic E-state index is 12.0. The molecule has 3 heterocycles. The molecular weight excluding hydrogens is 318 g/mol. The number of nitrogens with one attached hydrogen (secondary N) is 1. The van der Waals surface area contributed by atoms with Gasteiger partial charge in [-0.05, 0) is 44.9 Å². The van der Waals surface area contributed by atoms with Crippen molar-refractivity contribution in [2.24, 2.45) is 7.05 Å². The first kappa shape index (κ1) is 17.5. The summed E-state index contributed by atoms with van der Waals surface area (Å²) in [5.41, 5.74) is 4.59. The zero-order chi connectivity index (χ0) is 18.0. The van der Waals surface area contributed by atoms with Crippen molar-refractivity contribution in [1.82, 2.24) is 14.9 Å². The Morgan fingerprint density at radius 1 is 1.44 bits per heavy atom. The van der Waals surface area contributed by atoms with Crippen LogP contribution in [-0.4, -0.2) is 34.5 Å². The number of fused-ring (bicyclic) bond motifs is 1. The summed E-state index contributed by atoms with van der Waals surface area (Å²) >= 11 is 0. The van der Waals surface area contributed by atoms with Crippen molar-refractivity contribution in [3.63, 3.8) is 0 Å². The zero-order valence-electron chi connectivity index (χ0n) is 15.3. The number of rotatable bonds is 3. The van der Waals surface area contributed by atoms with Crippen LogP contribution >= 0.6 is 0 Å². The first-order chi connectivity index (χ1) is 11.8. The molecule has 0 aliphatic carbocycles. The third-order valence-corrected chi connectivity index (χ3v) is 4.05. The van der Waals surface area contributed by atoms with Crippen LogP contribution in [0.4, 0.5) is 4.79 Å². The number of hydrogen-bond acceptors (Lipinski definition) is 4. The van der Waals surface area contributed by atoms with Gasteiger partial charge in [-0.1, -0.05) is 6.08 Å². The molecular formula is C19H25N3O3. The smallest absolute Gasteiger partial charge is 0.407 e. The maximum Gasteiger partial charge on any atom is 0.407 e. The molecule has 1 aliphatic heterocycles. The Hall–Kier alpha value is -2.34. The van der Waals surface area contributed by atoms with Gasteiger partial charge in [0.25, 0.3) is 0 Å². The lowest BCUT2D eigenvalue weighted by Crippen LogP contribution is -2.32. The van der Waals surface area contributed by atoms with Gasteiger partial charge in [0, 0.05) is 18.8 Å². The summed E-state index contributed by atoms with van der Waals surface area (Å²) in [7, 11) is 2.00. The minimum absolute atomic E-state index is 0.327. The fraction of sp³-hybridized carbons (Fsp3) is 0.474. The lowest BCUT2D eigenvalue weighted by molar-refractivity contribution is 0.0523. The van der Waals surface area contributed by atoms with Crippen LogP contribution in [-0.2, 0) is 23.1 Å². The van der Waals surface area contributed by atoms with E-state index in [0.717, 1.165) is 28.7 Å². The average molecular weight is 343 g/mol. The highest BCUT2D eigenvalue weighted by atomic mass is 16.6. The molecule has 0 spiro atoms. The molecule has 3 rings (SSSR count). The third kappa shape index (κ3) is 4.20. The van der Waals surface area contributed by atoms with Crippen LogP contribution in [0, 0.1) is 0 Å². The molecule has 2 aromatic heterocycles. The number of nitrogens with zero attached hydrogens (tertiary/aromatic N) is 2. The fourth-order valence-corrected chi connectivity index (χ4v) is 2.88. The number of hydrogen-bond donors (Lipinski definition) is 1. The van der Waals surface area contributed by atoms with Crippen LogP contribution in [0.25, 0.3) is 16.6 Å². The molecule has 1 N–H and O–H groups in total. The Morgan fingerprint density at radius 2 is 2.24 bits per heavy atom. The van der Waals surface area contributed by atoms with E-state index in [1.54, 1.807) is 0 Å². The molecule has 0 aromatic carbocycles. The summed E-state index contributed by atoms with van der Waals surface area (Å²) in [6.45, 7) is 7.18. The molecule has 0 radical (unpaired) electrons. The monoisotopic (exact) mass is 343 g/mol. The molecule has 0 saturated carbocycles. The van der Waals surface area contributed by atoms with E-state index < -0.39 is 11.7 Å². The van der Waals surface area contributed by atoms with Gasteiger partial charge in [0.05, 0.1) is 36.5 Å². The standard InChI is InChI=1S/C19H25N3O3/c1-19(2,3)25-18(23)20-12-16-14(13-6-9-24-10-7-13)11-17-15(21-16)5-8-22(17)4/h5-6,8,11H,7,9-10,12H2,1-4H3,(H,20,23). The number of carbonyl (C=O) groups is 1. The topological polar surface area (TPSA) is 65.4 Å². The van der Waals surface area contributed by atoms with Gasteiger partial charge in [0.15, 0.2) is 0 Å². The number of aromatic nitrogens is 2. The van der Waals surface area contributed by atoms with E-state index in [1.165, 1.54) is 5.57 Å². The van der Waals surface area contributed by atoms with Gasteiger partial charge in [0.2, 0.25) is 0 Å². The first-order valence-electron chi connectivity index (χ1n) is 8.52. The van der Waals surface area contributed by atoms with Gasteiger partial charge in [-0.2, -0.15) is 0 Å². The highest BCUT2D eigenvalue weighted by Crippen LogP contribution is 2.27. The van der Waals surface area contributed by atoms with Gasteiger partial charge in [-0.3, -0.25) is 0 Å². The van der Waals surface area contributed by atoms with E-state index in [-0.39, 0.29) is 0 Å². The number of ether oxygens (including phenoxy) is 2. The Balaban J connectivity index is 1.89. The molecule has 25 heavy (non-hydrogen) atoms. The molecule has 1 amide bonds. The molecule has 0 saturated heterocycles. The van der Waals surface area contributed by atoms with Crippen molar-refractivity contribution < 1.29 is 14.3 Å². The fourth-order valence-electron chi connectivity index (χ4n) is 2.88. The summed E-state index contributed by atoms with van der Waals surface area (Å²) in [5.74, 6) is 0. The van der Waals surface area contributed by atoms with E-state index in [9.17, 15) is 4.79 Å². The number of amides is 1. The average Bonchev–Trinajstić information content (AvgIpc) is 2.92. The molecule has 2 aromatic rings. The highest BCUT2D eigenvalue weighted by Gasteiger charge is 2.18. The van der Waals surface area contributed by atoms with Crippen LogP contribution in [0.2, 0.25) is 0 Å². The number of alkyl carbamates (subject to hydrolysis) is 1. The van der Waals surface area contributed by atoms with E-state index in [1.807, 2.05) is 40.1 Å². The second-order valence-electron chi connectivity index (χ2n) is 7.22. The van der Waals surface area contributed by atoms with Gasteiger partial charge in [0.1, 0.15) is 5.60 Å². The van der Waals surface area contributed by atoms with E-state index in [4.69, 9.17) is 14.5 Å². The van der Waals surface area contributed by atoms with Crippen LogP contribution in [0.5, 0.6) is 0 Å². The quantitative estimate of drug-likeness (QED) is 0.927. The zero-order valence-corrected chi connectivity index (χ0v) is 15.3. The number of aryl methyl sites for hydroxylation is 1. The van der Waals surface area contributed by atoms with Crippen molar-refractivity contribution in [2.45, 2.75) is 39.3 Å². The Kier molecular flexibility index (Phi) is 4.81. The summed E-state index contributed by atoms with van der Waals surface area (Å²) in [4.78, 5) is 16.8. The molecule has 0 bridgehead atoms. The highest BCUT2D eigenvalue weighted by molar-refractivity contribution is 5.82. The van der Waals surface area contributed by atoms with E-state index in [0.29, 0.717) is 19.8 Å². The largest absolute Gasteiger partial charge is 0.444 e. The summed E-state index contributed by atoms with van der Waals surface area (Å²) in [6, 6.07) is 4.13. The van der Waals surface area contributed by atoms with Crippen LogP contribution in [0.3, 0.4) is 0 Å². The Labute approximate surface area is 147 Å².